The van der Waals surface area contributed by atoms with Crippen molar-refractivity contribution in [1.82, 2.24) is 0 Å². The number of nitrogens with zero attached hydrogens (tertiary/aromatic N) is 1. The first-order chi connectivity index (χ1) is 10.6. The van der Waals surface area contributed by atoms with Gasteiger partial charge in [-0.05, 0) is 48.7 Å². The third kappa shape index (κ3) is 4.42. The number of benzene rings is 2. The normalized spacial score (nSPS) is 9.86. The molecule has 4 nitrogen and oxygen atoms in total. The molecule has 0 saturated carbocycles. The second kappa shape index (κ2) is 7.74. The van der Waals surface area contributed by atoms with Gasteiger partial charge in [-0.25, -0.2) is 0 Å². The number of ether oxygens (including phenoxy) is 1. The SMILES string of the molecule is CSc1ccc(OCC(=O)Nc2ccc(C#N)c(Cl)c2)cc1. The number of carbonyl (C=O) groups excluding carboxylic acids is 1. The van der Waals surface area contributed by atoms with E-state index in [1.54, 1.807) is 23.9 Å². The molecule has 2 aromatic carbocycles. The van der Waals surface area contributed by atoms with E-state index >= 15 is 0 Å². The van der Waals surface area contributed by atoms with Crippen molar-refractivity contribution in [2.75, 3.05) is 18.2 Å². The van der Waals surface area contributed by atoms with E-state index in [0.717, 1.165) is 4.90 Å². The lowest BCUT2D eigenvalue weighted by atomic mass is 10.2. The molecule has 0 fully saturated rings. The highest BCUT2D eigenvalue weighted by molar-refractivity contribution is 7.98. The fourth-order valence-electron chi connectivity index (χ4n) is 1.70. The molecule has 0 spiro atoms. The van der Waals surface area contributed by atoms with Crippen molar-refractivity contribution in [3.63, 3.8) is 0 Å². The summed E-state index contributed by atoms with van der Waals surface area (Å²) < 4.78 is 5.41. The van der Waals surface area contributed by atoms with Crippen LogP contribution < -0.4 is 10.1 Å². The van der Waals surface area contributed by atoms with Gasteiger partial charge in [0.15, 0.2) is 6.61 Å². The lowest BCUT2D eigenvalue weighted by molar-refractivity contribution is -0.118. The average Bonchev–Trinajstić information content (AvgIpc) is 2.53. The average molecular weight is 333 g/mol. The molecule has 0 aliphatic carbocycles. The van der Waals surface area contributed by atoms with Crippen molar-refractivity contribution >= 4 is 35.0 Å². The second-order valence-corrected chi connectivity index (χ2v) is 5.61. The van der Waals surface area contributed by atoms with Crippen LogP contribution in [0.2, 0.25) is 5.02 Å². The molecule has 1 amide bonds. The third-order valence-corrected chi connectivity index (χ3v) is 3.86. The van der Waals surface area contributed by atoms with E-state index in [1.165, 1.54) is 6.07 Å². The van der Waals surface area contributed by atoms with E-state index in [1.807, 2.05) is 36.6 Å². The summed E-state index contributed by atoms with van der Waals surface area (Å²) in [5, 5.41) is 11.8. The van der Waals surface area contributed by atoms with Crippen molar-refractivity contribution in [3.8, 4) is 11.8 Å². The number of rotatable bonds is 5. The van der Waals surface area contributed by atoms with Crippen LogP contribution in [0.1, 0.15) is 5.56 Å². The van der Waals surface area contributed by atoms with Crippen molar-refractivity contribution in [2.24, 2.45) is 0 Å². The number of thioether (sulfide) groups is 1. The fourth-order valence-corrected chi connectivity index (χ4v) is 2.33. The number of carbonyl (C=O) groups is 1. The smallest absolute Gasteiger partial charge is 0.262 e. The summed E-state index contributed by atoms with van der Waals surface area (Å²) in [6.45, 7) is -0.101. The monoisotopic (exact) mass is 332 g/mol. The first kappa shape index (κ1) is 16.2. The molecule has 0 aromatic heterocycles. The van der Waals surface area contributed by atoms with Crippen molar-refractivity contribution < 1.29 is 9.53 Å². The van der Waals surface area contributed by atoms with Gasteiger partial charge in [-0.3, -0.25) is 4.79 Å². The molecule has 0 radical (unpaired) electrons. The number of nitrogens with one attached hydrogen (secondary N) is 1. The number of anilines is 1. The highest BCUT2D eigenvalue weighted by Gasteiger charge is 2.06. The maximum atomic E-state index is 11.8. The first-order valence-corrected chi connectivity index (χ1v) is 7.99. The Morgan fingerprint density at radius 3 is 2.64 bits per heavy atom. The van der Waals surface area contributed by atoms with Gasteiger partial charge >= 0.3 is 0 Å². The maximum Gasteiger partial charge on any atom is 0.262 e. The van der Waals surface area contributed by atoms with Gasteiger partial charge in [0.2, 0.25) is 0 Å². The van der Waals surface area contributed by atoms with Gasteiger partial charge in [0.1, 0.15) is 11.8 Å². The molecule has 2 aromatic rings. The lowest BCUT2D eigenvalue weighted by Crippen LogP contribution is -2.20. The van der Waals surface area contributed by atoms with Crippen molar-refractivity contribution in [3.05, 3.63) is 53.1 Å². The van der Waals surface area contributed by atoms with Gasteiger partial charge < -0.3 is 10.1 Å². The van der Waals surface area contributed by atoms with Gasteiger partial charge in [-0.2, -0.15) is 5.26 Å². The van der Waals surface area contributed by atoms with E-state index in [4.69, 9.17) is 21.6 Å². The fraction of sp³-hybridized carbons (Fsp3) is 0.125. The van der Waals surface area contributed by atoms with E-state index in [9.17, 15) is 4.79 Å². The lowest BCUT2D eigenvalue weighted by Gasteiger charge is -2.08. The summed E-state index contributed by atoms with van der Waals surface area (Å²) in [5.41, 5.74) is 0.889. The van der Waals surface area contributed by atoms with Gasteiger partial charge in [0.25, 0.3) is 5.91 Å². The van der Waals surface area contributed by atoms with Crippen LogP contribution in [0.25, 0.3) is 0 Å². The summed E-state index contributed by atoms with van der Waals surface area (Å²) in [6.07, 6.45) is 1.99. The predicted molar refractivity (Wildman–Crippen MR) is 88.5 cm³/mol. The molecular weight excluding hydrogens is 320 g/mol. The molecule has 1 N–H and O–H groups in total. The van der Waals surface area contributed by atoms with E-state index in [2.05, 4.69) is 5.32 Å². The van der Waals surface area contributed by atoms with Crippen LogP contribution in [0.15, 0.2) is 47.4 Å². The molecule has 6 heteroatoms. The zero-order valence-corrected chi connectivity index (χ0v) is 13.4. The van der Waals surface area contributed by atoms with Gasteiger partial charge in [-0.1, -0.05) is 11.6 Å². The Bertz CT molecular complexity index is 711. The number of hydrogen-bond donors (Lipinski definition) is 1. The number of halogens is 1. The van der Waals surface area contributed by atoms with Gasteiger partial charge in [0.05, 0.1) is 10.6 Å². The molecule has 0 unspecified atom stereocenters. The van der Waals surface area contributed by atoms with Crippen LogP contribution in [-0.4, -0.2) is 18.8 Å². The van der Waals surface area contributed by atoms with E-state index in [0.29, 0.717) is 22.0 Å². The van der Waals surface area contributed by atoms with Crippen LogP contribution in [0.3, 0.4) is 0 Å². The Labute approximate surface area is 138 Å². The Hall–Kier alpha value is -2.16. The minimum Gasteiger partial charge on any atom is -0.484 e. The van der Waals surface area contributed by atoms with Crippen LogP contribution in [-0.2, 0) is 4.79 Å². The molecular formula is C16H13ClN2O2S. The summed E-state index contributed by atoms with van der Waals surface area (Å²) in [4.78, 5) is 13.0. The summed E-state index contributed by atoms with van der Waals surface area (Å²) in [7, 11) is 0. The number of nitriles is 1. The van der Waals surface area contributed by atoms with Crippen LogP contribution >= 0.6 is 23.4 Å². The molecule has 0 bridgehead atoms. The molecule has 0 saturated heterocycles. The van der Waals surface area contributed by atoms with Gasteiger partial charge in [-0.15, -0.1) is 11.8 Å². The van der Waals surface area contributed by atoms with Gasteiger partial charge in [0, 0.05) is 10.6 Å². The largest absolute Gasteiger partial charge is 0.484 e. The molecule has 22 heavy (non-hydrogen) atoms. The molecule has 0 aliphatic heterocycles. The minimum atomic E-state index is -0.297. The Kier molecular flexibility index (Phi) is 5.70. The summed E-state index contributed by atoms with van der Waals surface area (Å²) >= 11 is 7.55. The second-order valence-electron chi connectivity index (χ2n) is 4.32. The molecule has 0 aliphatic rings. The number of amides is 1. The summed E-state index contributed by atoms with van der Waals surface area (Å²) in [5.74, 6) is 0.334. The molecule has 0 atom stereocenters. The Morgan fingerprint density at radius 2 is 2.05 bits per heavy atom. The topological polar surface area (TPSA) is 62.1 Å². The van der Waals surface area contributed by atoms with E-state index < -0.39 is 0 Å². The highest BCUT2D eigenvalue weighted by atomic mass is 35.5. The van der Waals surface area contributed by atoms with Crippen molar-refractivity contribution in [1.29, 1.82) is 5.26 Å². The molecule has 112 valence electrons. The Morgan fingerprint density at radius 1 is 1.32 bits per heavy atom. The first-order valence-electron chi connectivity index (χ1n) is 6.38. The van der Waals surface area contributed by atoms with Crippen LogP contribution in [0.4, 0.5) is 5.69 Å². The van der Waals surface area contributed by atoms with Crippen LogP contribution in [0.5, 0.6) is 5.75 Å². The molecule has 2 rings (SSSR count). The zero-order valence-electron chi connectivity index (χ0n) is 11.8. The maximum absolute atomic E-state index is 11.8. The highest BCUT2D eigenvalue weighted by Crippen LogP contribution is 2.21. The predicted octanol–water partition coefficient (Wildman–Crippen LogP) is 3.95. The Balaban J connectivity index is 1.90. The summed E-state index contributed by atoms with van der Waals surface area (Å²) in [6, 6.07) is 14.2. The molecule has 0 heterocycles. The quantitative estimate of drug-likeness (QED) is 0.842. The minimum absolute atomic E-state index is 0.101. The standard InChI is InChI=1S/C16H13ClN2O2S/c1-22-14-6-4-13(5-7-14)21-10-16(20)19-12-3-2-11(9-18)15(17)8-12/h2-8H,10H2,1H3,(H,19,20). The zero-order chi connectivity index (χ0) is 15.9. The van der Waals surface area contributed by atoms with Crippen LogP contribution in [0, 0.1) is 11.3 Å². The van der Waals surface area contributed by atoms with E-state index in [-0.39, 0.29) is 12.5 Å². The number of hydrogen-bond acceptors (Lipinski definition) is 4. The third-order valence-electron chi connectivity index (χ3n) is 2.80. The van der Waals surface area contributed by atoms with Crippen molar-refractivity contribution in [2.45, 2.75) is 4.90 Å².